The van der Waals surface area contributed by atoms with Crippen molar-refractivity contribution in [3.63, 3.8) is 0 Å². The van der Waals surface area contributed by atoms with E-state index in [2.05, 4.69) is 10.6 Å². The number of anilines is 2. The zero-order valence-corrected chi connectivity index (χ0v) is 16.0. The second-order valence-electron chi connectivity index (χ2n) is 7.31. The van der Waals surface area contributed by atoms with Crippen LogP contribution in [-0.2, 0) is 9.59 Å². The van der Waals surface area contributed by atoms with Crippen LogP contribution in [0.25, 0.3) is 0 Å². The summed E-state index contributed by atoms with van der Waals surface area (Å²) in [5.41, 5.74) is 2.44. The van der Waals surface area contributed by atoms with Crippen molar-refractivity contribution in [1.29, 1.82) is 0 Å². The highest BCUT2D eigenvalue weighted by atomic mass is 16.5. The van der Waals surface area contributed by atoms with E-state index >= 15 is 0 Å². The highest BCUT2D eigenvalue weighted by Gasteiger charge is 2.29. The Labute approximate surface area is 164 Å². The summed E-state index contributed by atoms with van der Waals surface area (Å²) in [5, 5.41) is 6.41. The molecule has 1 aliphatic carbocycles. The number of rotatable bonds is 7. The average molecular weight is 379 g/mol. The summed E-state index contributed by atoms with van der Waals surface area (Å²) in [6.45, 7) is 0.707. The molecule has 28 heavy (non-hydrogen) atoms. The van der Waals surface area contributed by atoms with Crippen LogP contribution >= 0.6 is 0 Å². The van der Waals surface area contributed by atoms with Crippen molar-refractivity contribution in [2.24, 2.45) is 0 Å². The van der Waals surface area contributed by atoms with Crippen LogP contribution < -0.4 is 20.3 Å². The molecule has 2 aliphatic rings. The molecule has 2 aromatic rings. The minimum atomic E-state index is -0.495. The summed E-state index contributed by atoms with van der Waals surface area (Å²) in [7, 11) is 1.59. The zero-order chi connectivity index (χ0) is 19.5. The number of carbonyl (C=O) groups is 2. The van der Waals surface area contributed by atoms with Gasteiger partial charge >= 0.3 is 0 Å². The lowest BCUT2D eigenvalue weighted by Gasteiger charge is -2.23. The number of carbonyl (C=O) groups excluding carboxylic acids is 2. The maximum absolute atomic E-state index is 12.8. The molecule has 1 atom stereocenters. The summed E-state index contributed by atoms with van der Waals surface area (Å²) in [6.07, 6.45) is 3.51. The normalized spacial score (nSPS) is 17.3. The van der Waals surface area contributed by atoms with Gasteiger partial charge in [-0.25, -0.2) is 0 Å². The van der Waals surface area contributed by atoms with Gasteiger partial charge in [0.2, 0.25) is 11.8 Å². The van der Waals surface area contributed by atoms with Crippen LogP contribution in [0.2, 0.25) is 0 Å². The second-order valence-corrected chi connectivity index (χ2v) is 7.31. The van der Waals surface area contributed by atoms with Gasteiger partial charge in [0.1, 0.15) is 11.8 Å². The number of hydrogen-bond donors (Lipinski definition) is 2. The molecule has 6 heteroatoms. The van der Waals surface area contributed by atoms with Gasteiger partial charge in [0.25, 0.3) is 0 Å². The van der Waals surface area contributed by atoms with Gasteiger partial charge in [-0.05, 0) is 37.0 Å². The maximum atomic E-state index is 12.8. The van der Waals surface area contributed by atoms with Gasteiger partial charge in [-0.1, -0.05) is 30.3 Å². The Hall–Kier alpha value is -3.02. The molecule has 1 unspecified atom stereocenters. The van der Waals surface area contributed by atoms with E-state index in [-0.39, 0.29) is 11.8 Å². The molecule has 4 rings (SSSR count). The van der Waals surface area contributed by atoms with E-state index in [9.17, 15) is 9.59 Å². The summed E-state index contributed by atoms with van der Waals surface area (Å²) in [4.78, 5) is 26.7. The van der Waals surface area contributed by atoms with Crippen LogP contribution in [0, 0.1) is 0 Å². The third kappa shape index (κ3) is 3.96. The lowest BCUT2D eigenvalue weighted by atomic mass is 10.1. The van der Waals surface area contributed by atoms with Crippen molar-refractivity contribution in [3.05, 3.63) is 54.1 Å². The third-order valence-electron chi connectivity index (χ3n) is 5.17. The van der Waals surface area contributed by atoms with Gasteiger partial charge in [-0.15, -0.1) is 0 Å². The molecule has 0 aromatic heterocycles. The minimum absolute atomic E-state index is 0.0357. The van der Waals surface area contributed by atoms with Crippen molar-refractivity contribution < 1.29 is 14.3 Å². The van der Waals surface area contributed by atoms with E-state index in [1.54, 1.807) is 12.0 Å². The Morgan fingerprint density at radius 3 is 2.61 bits per heavy atom. The van der Waals surface area contributed by atoms with E-state index in [0.29, 0.717) is 24.8 Å². The fourth-order valence-electron chi connectivity index (χ4n) is 3.52. The van der Waals surface area contributed by atoms with Gasteiger partial charge in [-0.2, -0.15) is 0 Å². The molecule has 1 saturated heterocycles. The molecule has 2 aromatic carbocycles. The summed E-state index contributed by atoms with van der Waals surface area (Å²) >= 11 is 0. The zero-order valence-electron chi connectivity index (χ0n) is 16.0. The van der Waals surface area contributed by atoms with Crippen molar-refractivity contribution in [2.45, 2.75) is 37.8 Å². The second kappa shape index (κ2) is 7.92. The van der Waals surface area contributed by atoms with Crippen molar-refractivity contribution in [1.82, 2.24) is 5.32 Å². The van der Waals surface area contributed by atoms with Crippen LogP contribution in [-0.4, -0.2) is 31.5 Å². The number of nitrogens with zero attached hydrogens (tertiary/aromatic N) is 1. The number of nitrogens with one attached hydrogen (secondary N) is 2. The maximum Gasteiger partial charge on any atom is 0.247 e. The van der Waals surface area contributed by atoms with Crippen LogP contribution in [0.15, 0.2) is 48.5 Å². The van der Waals surface area contributed by atoms with Gasteiger partial charge in [-0.3, -0.25) is 9.59 Å². The predicted octanol–water partition coefficient (Wildman–Crippen LogP) is 3.25. The smallest absolute Gasteiger partial charge is 0.247 e. The first-order valence-corrected chi connectivity index (χ1v) is 9.76. The fraction of sp³-hybridized carbons (Fsp3) is 0.364. The number of ether oxygens (including phenoxy) is 1. The molecule has 2 N–H and O–H groups in total. The Kier molecular flexibility index (Phi) is 5.19. The van der Waals surface area contributed by atoms with Crippen LogP contribution in [0.1, 0.15) is 37.3 Å². The number of benzene rings is 2. The molecular formula is C22H25N3O3. The van der Waals surface area contributed by atoms with Crippen molar-refractivity contribution >= 4 is 23.2 Å². The molecule has 1 aliphatic heterocycles. The van der Waals surface area contributed by atoms with E-state index in [1.165, 1.54) is 0 Å². The van der Waals surface area contributed by atoms with Gasteiger partial charge < -0.3 is 20.3 Å². The van der Waals surface area contributed by atoms with Crippen molar-refractivity contribution in [2.75, 3.05) is 23.9 Å². The van der Waals surface area contributed by atoms with E-state index in [0.717, 1.165) is 36.2 Å². The molecule has 0 spiro atoms. The third-order valence-corrected chi connectivity index (χ3v) is 5.17. The predicted molar refractivity (Wildman–Crippen MR) is 109 cm³/mol. The summed E-state index contributed by atoms with van der Waals surface area (Å²) in [5.74, 6) is 0.700. The highest BCUT2D eigenvalue weighted by Crippen LogP contribution is 2.35. The monoisotopic (exact) mass is 379 g/mol. The van der Waals surface area contributed by atoms with Crippen LogP contribution in [0.4, 0.5) is 11.4 Å². The molecule has 6 nitrogen and oxygen atoms in total. The van der Waals surface area contributed by atoms with Crippen LogP contribution in [0.5, 0.6) is 5.75 Å². The standard InChI is InChI=1S/C22H25N3O3/c1-28-19-14-17(11-12-18(19)25-13-5-8-20(25)26)23-21(15-6-3-2-4-7-15)22(27)24-16-9-10-16/h2-4,6-7,11-12,14,16,21,23H,5,8-10,13H2,1H3,(H,24,27). The van der Waals surface area contributed by atoms with E-state index < -0.39 is 6.04 Å². The quantitative estimate of drug-likeness (QED) is 0.775. The summed E-state index contributed by atoms with van der Waals surface area (Å²) in [6, 6.07) is 15.1. The van der Waals surface area contributed by atoms with Gasteiger partial charge in [0.05, 0.1) is 12.8 Å². The first kappa shape index (κ1) is 18.3. The summed E-state index contributed by atoms with van der Waals surface area (Å²) < 4.78 is 5.53. The topological polar surface area (TPSA) is 70.7 Å². The lowest BCUT2D eigenvalue weighted by Crippen LogP contribution is -2.34. The molecule has 2 amide bonds. The first-order chi connectivity index (χ1) is 13.7. The highest BCUT2D eigenvalue weighted by molar-refractivity contribution is 5.97. The lowest BCUT2D eigenvalue weighted by molar-refractivity contribution is -0.122. The fourth-order valence-corrected chi connectivity index (χ4v) is 3.52. The first-order valence-electron chi connectivity index (χ1n) is 9.76. The minimum Gasteiger partial charge on any atom is -0.494 e. The molecule has 146 valence electrons. The van der Waals surface area contributed by atoms with Crippen molar-refractivity contribution in [3.8, 4) is 5.75 Å². The molecule has 2 fully saturated rings. The number of amides is 2. The molecule has 0 bridgehead atoms. The molecule has 0 radical (unpaired) electrons. The molecule has 1 saturated carbocycles. The Morgan fingerprint density at radius 1 is 1.18 bits per heavy atom. The average Bonchev–Trinajstić information content (AvgIpc) is 3.44. The van der Waals surface area contributed by atoms with E-state index in [1.807, 2.05) is 48.5 Å². The molecular weight excluding hydrogens is 354 g/mol. The SMILES string of the molecule is COc1cc(NC(C(=O)NC2CC2)c2ccccc2)ccc1N1CCCC1=O. The largest absolute Gasteiger partial charge is 0.494 e. The van der Waals surface area contributed by atoms with Gasteiger partial charge in [0.15, 0.2) is 0 Å². The van der Waals surface area contributed by atoms with E-state index in [4.69, 9.17) is 4.74 Å². The van der Waals surface area contributed by atoms with Crippen LogP contribution in [0.3, 0.4) is 0 Å². The molecule has 1 heterocycles. The Balaban J connectivity index is 1.59. The Morgan fingerprint density at radius 2 is 1.96 bits per heavy atom. The number of hydrogen-bond acceptors (Lipinski definition) is 4. The Bertz CT molecular complexity index is 865. The van der Waals surface area contributed by atoms with Gasteiger partial charge in [0, 0.05) is 30.8 Å². The number of methoxy groups -OCH3 is 1.